The molecular weight excluding hydrogens is 286 g/mol. The maximum absolute atomic E-state index is 11.7. The fraction of sp³-hybridized carbons (Fsp3) is 0.182. The summed E-state index contributed by atoms with van der Waals surface area (Å²) in [5, 5.41) is 19.7. The van der Waals surface area contributed by atoms with Crippen molar-refractivity contribution in [3.63, 3.8) is 0 Å². The number of hydrogen-bond acceptors (Lipinski definition) is 7. The van der Waals surface area contributed by atoms with Crippen molar-refractivity contribution < 1.29 is 14.8 Å². The van der Waals surface area contributed by atoms with E-state index in [9.17, 15) is 4.79 Å². The Morgan fingerprint density at radius 3 is 3.05 bits per heavy atom. The molecule has 0 saturated carbocycles. The second-order valence-corrected chi connectivity index (χ2v) is 4.57. The molecule has 0 saturated heterocycles. The molecule has 104 valence electrons. The zero-order chi connectivity index (χ0) is 14.3. The molecular formula is C11H10ClN5O3. The van der Waals surface area contributed by atoms with Crippen LogP contribution in [0.2, 0.25) is 5.02 Å². The predicted octanol–water partition coefficient (Wildman–Crippen LogP) is 1.58. The van der Waals surface area contributed by atoms with Crippen LogP contribution in [0.1, 0.15) is 5.56 Å². The van der Waals surface area contributed by atoms with Crippen molar-refractivity contribution >= 4 is 23.2 Å². The molecule has 0 aromatic heterocycles. The summed E-state index contributed by atoms with van der Waals surface area (Å²) in [6.45, 7) is 0. The number of amides is 1. The number of nitrogens with one attached hydrogen (secondary N) is 1. The molecule has 0 bridgehead atoms. The van der Waals surface area contributed by atoms with Gasteiger partial charge >= 0.3 is 0 Å². The average molecular weight is 296 g/mol. The van der Waals surface area contributed by atoms with Gasteiger partial charge in [0.1, 0.15) is 0 Å². The molecule has 0 atom stereocenters. The molecule has 2 aliphatic heterocycles. The van der Waals surface area contributed by atoms with Gasteiger partial charge in [-0.05, 0) is 28.2 Å². The van der Waals surface area contributed by atoms with Gasteiger partial charge in [-0.15, -0.1) is 5.11 Å². The van der Waals surface area contributed by atoms with Gasteiger partial charge in [-0.3, -0.25) is 10.0 Å². The number of rotatable bonds is 2. The molecule has 2 heterocycles. The Labute approximate surface area is 118 Å². The lowest BCUT2D eigenvalue weighted by Gasteiger charge is -2.30. The van der Waals surface area contributed by atoms with Crippen LogP contribution in [0.3, 0.4) is 0 Å². The maximum Gasteiger partial charge on any atom is 0.274 e. The van der Waals surface area contributed by atoms with Crippen LogP contribution in [-0.2, 0) is 16.1 Å². The molecule has 2 aliphatic rings. The summed E-state index contributed by atoms with van der Waals surface area (Å²) in [4.78, 5) is 16.8. The zero-order valence-electron chi connectivity index (χ0n) is 10.4. The Morgan fingerprint density at radius 1 is 1.55 bits per heavy atom. The summed E-state index contributed by atoms with van der Waals surface area (Å²) in [5.41, 5.74) is 3.45. The number of nitrogens with zero attached hydrogens (tertiary/aromatic N) is 4. The van der Waals surface area contributed by atoms with Crippen LogP contribution in [0.25, 0.3) is 0 Å². The molecule has 9 heteroatoms. The van der Waals surface area contributed by atoms with E-state index in [0.717, 1.165) is 10.8 Å². The molecule has 3 rings (SSSR count). The second-order valence-electron chi connectivity index (χ2n) is 4.13. The first-order valence-corrected chi connectivity index (χ1v) is 6.05. The Kier molecular flexibility index (Phi) is 3.05. The maximum atomic E-state index is 11.7. The number of hydroxylamine groups is 1. The fourth-order valence-corrected chi connectivity index (χ4v) is 2.33. The number of benzene rings is 1. The number of fused-ring (bicyclic) bond motifs is 3. The van der Waals surface area contributed by atoms with E-state index in [-0.39, 0.29) is 11.4 Å². The molecule has 0 unspecified atom stereocenters. The molecule has 1 amide bonds. The molecule has 1 aromatic rings. The zero-order valence-corrected chi connectivity index (χ0v) is 11.1. The lowest BCUT2D eigenvalue weighted by molar-refractivity contribution is -0.131. The van der Waals surface area contributed by atoms with E-state index in [1.807, 2.05) is 0 Å². The van der Waals surface area contributed by atoms with Crippen LogP contribution in [-0.4, -0.2) is 23.5 Å². The monoisotopic (exact) mass is 295 g/mol. The third-order valence-corrected chi connectivity index (χ3v) is 3.27. The van der Waals surface area contributed by atoms with Gasteiger partial charge in [0.2, 0.25) is 0 Å². The van der Waals surface area contributed by atoms with Crippen molar-refractivity contribution in [3.05, 3.63) is 40.2 Å². The molecule has 2 N–H and O–H groups in total. The summed E-state index contributed by atoms with van der Waals surface area (Å²) in [7, 11) is 1.42. The van der Waals surface area contributed by atoms with Gasteiger partial charge in [-0.1, -0.05) is 17.7 Å². The largest absolute Gasteiger partial charge is 0.288 e. The van der Waals surface area contributed by atoms with Gasteiger partial charge in [0.05, 0.1) is 18.4 Å². The normalized spacial score (nSPS) is 16.4. The first-order valence-electron chi connectivity index (χ1n) is 5.67. The third kappa shape index (κ3) is 1.82. The molecule has 0 aliphatic carbocycles. The average Bonchev–Trinajstić information content (AvgIpc) is 2.90. The van der Waals surface area contributed by atoms with Crippen molar-refractivity contribution in [3.8, 4) is 0 Å². The molecule has 0 fully saturated rings. The standard InChI is InChI=1S/C11H10ClN5O3/c1-20-17-15-13-10-8(11(18)14-19)4-6-2-3-7(12)5-9(6)16(10)17/h2-3,5,19H,4H2,1H3,(H,14,18). The van der Waals surface area contributed by atoms with E-state index >= 15 is 0 Å². The van der Waals surface area contributed by atoms with Crippen LogP contribution >= 0.6 is 11.6 Å². The highest BCUT2D eigenvalue weighted by molar-refractivity contribution is 6.30. The Bertz CT molecular complexity index is 645. The van der Waals surface area contributed by atoms with Crippen LogP contribution in [0.15, 0.2) is 39.9 Å². The van der Waals surface area contributed by atoms with Crippen molar-refractivity contribution in [2.45, 2.75) is 6.42 Å². The lowest BCUT2D eigenvalue weighted by atomic mass is 9.99. The minimum Gasteiger partial charge on any atom is -0.288 e. The third-order valence-electron chi connectivity index (χ3n) is 3.04. The van der Waals surface area contributed by atoms with Crippen molar-refractivity contribution in [2.75, 3.05) is 12.1 Å². The first kappa shape index (κ1) is 12.9. The van der Waals surface area contributed by atoms with Crippen LogP contribution in [0, 0.1) is 0 Å². The molecule has 8 nitrogen and oxygen atoms in total. The highest BCUT2D eigenvalue weighted by Crippen LogP contribution is 2.39. The van der Waals surface area contributed by atoms with E-state index in [1.54, 1.807) is 23.7 Å². The van der Waals surface area contributed by atoms with Crippen molar-refractivity contribution in [1.82, 2.24) is 10.8 Å². The van der Waals surface area contributed by atoms with E-state index in [1.165, 1.54) is 12.1 Å². The quantitative estimate of drug-likeness (QED) is 0.638. The summed E-state index contributed by atoms with van der Waals surface area (Å²) >= 11 is 6.00. The number of halogens is 1. The van der Waals surface area contributed by atoms with Crippen molar-refractivity contribution in [2.24, 2.45) is 10.3 Å². The van der Waals surface area contributed by atoms with E-state index in [4.69, 9.17) is 21.6 Å². The molecule has 0 radical (unpaired) electrons. The van der Waals surface area contributed by atoms with E-state index in [0.29, 0.717) is 17.1 Å². The second kappa shape index (κ2) is 4.75. The van der Waals surface area contributed by atoms with Gasteiger partial charge in [-0.25, -0.2) is 10.3 Å². The topological polar surface area (TPSA) is 89.8 Å². The number of carbonyl (C=O) groups excluding carboxylic acids is 1. The number of carbonyl (C=O) groups is 1. The molecule has 20 heavy (non-hydrogen) atoms. The number of anilines is 1. The van der Waals surface area contributed by atoms with E-state index < -0.39 is 5.91 Å². The van der Waals surface area contributed by atoms with Gasteiger partial charge < -0.3 is 0 Å². The number of hydrogen-bond donors (Lipinski definition) is 2. The van der Waals surface area contributed by atoms with Crippen LogP contribution in [0.4, 0.5) is 5.69 Å². The Hall–Kier alpha value is -2.16. The Morgan fingerprint density at radius 2 is 2.35 bits per heavy atom. The van der Waals surface area contributed by atoms with Crippen LogP contribution < -0.4 is 10.5 Å². The summed E-state index contributed by atoms with van der Waals surface area (Å²) in [6.07, 6.45) is 0.307. The minimum atomic E-state index is -0.637. The molecule has 1 aromatic carbocycles. The summed E-state index contributed by atoms with van der Waals surface area (Å²) < 4.78 is 0. The van der Waals surface area contributed by atoms with Gasteiger partial charge in [0, 0.05) is 11.4 Å². The van der Waals surface area contributed by atoms with Gasteiger partial charge in [0.15, 0.2) is 5.82 Å². The highest BCUT2D eigenvalue weighted by atomic mass is 35.5. The van der Waals surface area contributed by atoms with Crippen molar-refractivity contribution in [1.29, 1.82) is 0 Å². The molecule has 0 spiro atoms. The lowest BCUT2D eigenvalue weighted by Crippen LogP contribution is -2.38. The smallest absolute Gasteiger partial charge is 0.274 e. The fourth-order valence-electron chi connectivity index (χ4n) is 2.16. The van der Waals surface area contributed by atoms with Gasteiger partial charge in [0.25, 0.3) is 5.91 Å². The Balaban J connectivity index is 2.15. The minimum absolute atomic E-state index is 0.283. The predicted molar refractivity (Wildman–Crippen MR) is 68.3 cm³/mol. The van der Waals surface area contributed by atoms with Gasteiger partial charge in [-0.2, -0.15) is 5.01 Å². The highest BCUT2D eigenvalue weighted by Gasteiger charge is 2.36. The summed E-state index contributed by atoms with van der Waals surface area (Å²) in [6, 6.07) is 5.25. The number of hydrazine groups is 1. The first-order chi connectivity index (χ1) is 9.65. The van der Waals surface area contributed by atoms with Crippen LogP contribution in [0.5, 0.6) is 0 Å². The SMILES string of the molecule is CON1N=NC2=C(C(=O)NO)Cc3ccc(Cl)cc3N21. The van der Waals surface area contributed by atoms with E-state index in [2.05, 4.69) is 10.3 Å². The summed E-state index contributed by atoms with van der Waals surface area (Å²) in [5.74, 6) is -0.351.